The standard InChI is InChI=1S/C18H18N2O2/c1-4-13-6-5-7-15(17(13)19-2)12-20-16-10-8-14(9-11-16)18(21)22-3/h4-11,20H,1-2,12H2,3H3. The Morgan fingerprint density at radius 3 is 2.59 bits per heavy atom. The highest BCUT2D eigenvalue weighted by Gasteiger charge is 2.06. The number of ether oxygens (including phenoxy) is 1. The Morgan fingerprint density at radius 1 is 1.27 bits per heavy atom. The maximum atomic E-state index is 11.4. The first-order valence-corrected chi connectivity index (χ1v) is 6.83. The number of methoxy groups -OCH3 is 1. The average Bonchev–Trinajstić information content (AvgIpc) is 2.59. The highest BCUT2D eigenvalue weighted by Crippen LogP contribution is 2.26. The molecule has 0 spiro atoms. The van der Waals surface area contributed by atoms with Crippen LogP contribution in [0.15, 0.2) is 54.0 Å². The second-order valence-electron chi connectivity index (χ2n) is 4.64. The number of carbonyl (C=O) groups excluding carboxylic acids is 1. The van der Waals surface area contributed by atoms with Gasteiger partial charge in [-0.1, -0.05) is 30.9 Å². The minimum atomic E-state index is -0.344. The lowest BCUT2D eigenvalue weighted by Gasteiger charge is -2.11. The summed E-state index contributed by atoms with van der Waals surface area (Å²) in [7, 11) is 1.37. The molecule has 0 saturated carbocycles. The molecule has 1 N–H and O–H groups in total. The second kappa shape index (κ2) is 7.22. The number of carbonyl (C=O) groups is 1. The molecule has 0 radical (unpaired) electrons. The van der Waals surface area contributed by atoms with Gasteiger partial charge in [-0.25, -0.2) is 4.79 Å². The van der Waals surface area contributed by atoms with Gasteiger partial charge in [0.2, 0.25) is 0 Å². The van der Waals surface area contributed by atoms with E-state index in [1.165, 1.54) is 7.11 Å². The van der Waals surface area contributed by atoms with Crippen LogP contribution in [0.4, 0.5) is 11.4 Å². The van der Waals surface area contributed by atoms with Gasteiger partial charge in [0, 0.05) is 12.2 Å². The highest BCUT2D eigenvalue weighted by molar-refractivity contribution is 5.89. The molecular formula is C18H18N2O2. The largest absolute Gasteiger partial charge is 0.465 e. The smallest absolute Gasteiger partial charge is 0.337 e. The van der Waals surface area contributed by atoms with E-state index < -0.39 is 0 Å². The molecule has 0 heterocycles. The lowest BCUT2D eigenvalue weighted by molar-refractivity contribution is 0.0601. The number of hydrogen-bond donors (Lipinski definition) is 1. The van der Waals surface area contributed by atoms with Gasteiger partial charge < -0.3 is 10.1 Å². The molecule has 4 heteroatoms. The van der Waals surface area contributed by atoms with Crippen molar-refractivity contribution in [1.29, 1.82) is 0 Å². The predicted molar refractivity (Wildman–Crippen MR) is 90.9 cm³/mol. The molecule has 2 aromatic rings. The number of aliphatic imine (C=N–C) groups is 1. The van der Waals surface area contributed by atoms with Gasteiger partial charge in [-0.15, -0.1) is 0 Å². The molecule has 0 unspecified atom stereocenters. The van der Waals surface area contributed by atoms with E-state index in [0.29, 0.717) is 12.1 Å². The summed E-state index contributed by atoms with van der Waals surface area (Å²) < 4.78 is 4.67. The first-order chi connectivity index (χ1) is 10.7. The van der Waals surface area contributed by atoms with Crippen molar-refractivity contribution in [2.24, 2.45) is 4.99 Å². The van der Waals surface area contributed by atoms with Crippen molar-refractivity contribution in [3.63, 3.8) is 0 Å². The van der Waals surface area contributed by atoms with Gasteiger partial charge >= 0.3 is 5.97 Å². The summed E-state index contributed by atoms with van der Waals surface area (Å²) >= 11 is 0. The van der Waals surface area contributed by atoms with Gasteiger partial charge in [0.15, 0.2) is 0 Å². The number of nitrogens with one attached hydrogen (secondary N) is 1. The lowest BCUT2D eigenvalue weighted by atomic mass is 10.1. The minimum Gasteiger partial charge on any atom is -0.465 e. The number of hydrogen-bond acceptors (Lipinski definition) is 4. The molecule has 0 aliphatic rings. The van der Waals surface area contributed by atoms with E-state index in [-0.39, 0.29) is 5.97 Å². The van der Waals surface area contributed by atoms with Crippen LogP contribution in [0.3, 0.4) is 0 Å². The summed E-state index contributed by atoms with van der Waals surface area (Å²) in [5, 5.41) is 3.30. The van der Waals surface area contributed by atoms with E-state index in [2.05, 4.69) is 28.3 Å². The molecule has 0 atom stereocenters. The Bertz CT molecular complexity index is 691. The van der Waals surface area contributed by atoms with Crippen molar-refractivity contribution in [2.45, 2.75) is 6.54 Å². The van der Waals surface area contributed by atoms with E-state index in [1.54, 1.807) is 18.2 Å². The third kappa shape index (κ3) is 3.41. The van der Waals surface area contributed by atoms with Gasteiger partial charge in [-0.2, -0.15) is 0 Å². The van der Waals surface area contributed by atoms with Crippen molar-refractivity contribution < 1.29 is 9.53 Å². The van der Waals surface area contributed by atoms with Crippen LogP contribution in [0.5, 0.6) is 0 Å². The molecule has 0 aliphatic heterocycles. The van der Waals surface area contributed by atoms with Crippen LogP contribution in [0, 0.1) is 0 Å². The summed E-state index contributed by atoms with van der Waals surface area (Å²) in [5.74, 6) is -0.344. The van der Waals surface area contributed by atoms with Crippen LogP contribution in [-0.2, 0) is 11.3 Å². The molecule has 0 fully saturated rings. The summed E-state index contributed by atoms with van der Waals surface area (Å²) in [6.45, 7) is 8.00. The van der Waals surface area contributed by atoms with Gasteiger partial charge in [-0.3, -0.25) is 4.99 Å². The average molecular weight is 294 g/mol. The van der Waals surface area contributed by atoms with E-state index in [1.807, 2.05) is 30.3 Å². The predicted octanol–water partition coefficient (Wildman–Crippen LogP) is 4.06. The van der Waals surface area contributed by atoms with E-state index in [9.17, 15) is 4.79 Å². The topological polar surface area (TPSA) is 50.7 Å². The number of rotatable bonds is 6. The fourth-order valence-electron chi connectivity index (χ4n) is 2.15. The zero-order valence-electron chi connectivity index (χ0n) is 12.5. The Kier molecular flexibility index (Phi) is 5.09. The molecule has 0 amide bonds. The fourth-order valence-corrected chi connectivity index (χ4v) is 2.15. The Morgan fingerprint density at radius 2 is 2.00 bits per heavy atom. The van der Waals surface area contributed by atoms with E-state index in [4.69, 9.17) is 0 Å². The van der Waals surface area contributed by atoms with Gasteiger partial charge in [0.05, 0.1) is 18.4 Å². The molecule has 0 saturated heterocycles. The second-order valence-corrected chi connectivity index (χ2v) is 4.64. The first-order valence-electron chi connectivity index (χ1n) is 6.83. The highest BCUT2D eigenvalue weighted by atomic mass is 16.5. The molecule has 0 aliphatic carbocycles. The van der Waals surface area contributed by atoms with Crippen LogP contribution >= 0.6 is 0 Å². The van der Waals surface area contributed by atoms with Gasteiger partial charge in [0.1, 0.15) is 0 Å². The monoisotopic (exact) mass is 294 g/mol. The van der Waals surface area contributed by atoms with Gasteiger partial charge in [0.25, 0.3) is 0 Å². The lowest BCUT2D eigenvalue weighted by Crippen LogP contribution is -2.03. The number of nitrogens with zero attached hydrogens (tertiary/aromatic N) is 1. The normalized spacial score (nSPS) is 9.86. The van der Waals surface area contributed by atoms with Crippen molar-refractivity contribution in [3.8, 4) is 0 Å². The quantitative estimate of drug-likeness (QED) is 0.645. The van der Waals surface area contributed by atoms with Crippen molar-refractivity contribution in [2.75, 3.05) is 12.4 Å². The molecule has 0 bridgehead atoms. The van der Waals surface area contributed by atoms with E-state index in [0.717, 1.165) is 22.5 Å². The summed E-state index contributed by atoms with van der Waals surface area (Å²) in [4.78, 5) is 15.5. The molecule has 2 rings (SSSR count). The third-order valence-corrected chi connectivity index (χ3v) is 3.32. The SMILES string of the molecule is C=Cc1cccc(CNc2ccc(C(=O)OC)cc2)c1N=C. The molecule has 0 aromatic heterocycles. The number of esters is 1. The number of benzene rings is 2. The summed E-state index contributed by atoms with van der Waals surface area (Å²) in [5.41, 5.74) is 4.25. The Labute approximate surface area is 130 Å². The molecule has 4 nitrogen and oxygen atoms in total. The molecule has 22 heavy (non-hydrogen) atoms. The van der Waals surface area contributed by atoms with Crippen molar-refractivity contribution in [3.05, 3.63) is 65.7 Å². The summed E-state index contributed by atoms with van der Waals surface area (Å²) in [6.07, 6.45) is 1.76. The Hall–Kier alpha value is -2.88. The number of anilines is 1. The fraction of sp³-hybridized carbons (Fsp3) is 0.111. The minimum absolute atomic E-state index is 0.344. The molecule has 2 aromatic carbocycles. The first kappa shape index (κ1) is 15.5. The van der Waals surface area contributed by atoms with Crippen LogP contribution in [0.25, 0.3) is 6.08 Å². The third-order valence-electron chi connectivity index (χ3n) is 3.32. The van der Waals surface area contributed by atoms with Crippen LogP contribution in [-0.4, -0.2) is 19.8 Å². The zero-order valence-corrected chi connectivity index (χ0v) is 12.5. The maximum Gasteiger partial charge on any atom is 0.337 e. The van der Waals surface area contributed by atoms with E-state index >= 15 is 0 Å². The Balaban J connectivity index is 2.12. The zero-order chi connectivity index (χ0) is 15.9. The van der Waals surface area contributed by atoms with Crippen LogP contribution in [0.1, 0.15) is 21.5 Å². The van der Waals surface area contributed by atoms with Crippen LogP contribution < -0.4 is 5.32 Å². The van der Waals surface area contributed by atoms with Crippen LogP contribution in [0.2, 0.25) is 0 Å². The van der Waals surface area contributed by atoms with Crippen molar-refractivity contribution in [1.82, 2.24) is 0 Å². The molecular weight excluding hydrogens is 276 g/mol. The van der Waals surface area contributed by atoms with Crippen molar-refractivity contribution >= 4 is 30.1 Å². The molecule has 112 valence electrons. The van der Waals surface area contributed by atoms with Gasteiger partial charge in [-0.05, 0) is 42.1 Å². The summed E-state index contributed by atoms with van der Waals surface area (Å²) in [6, 6.07) is 13.0. The maximum absolute atomic E-state index is 11.4. The number of para-hydroxylation sites is 1.